The minimum atomic E-state index is -2.99. The Morgan fingerprint density at radius 3 is 2.09 bits per heavy atom. The van der Waals surface area contributed by atoms with Crippen molar-refractivity contribution in [1.82, 2.24) is 0 Å². The Hall–Kier alpha value is -3.15. The second kappa shape index (κ2) is 14.1. The predicted molar refractivity (Wildman–Crippen MR) is 163 cm³/mol. The first-order chi connectivity index (χ1) is 20.4. The number of amides is 1. The summed E-state index contributed by atoms with van der Waals surface area (Å²) >= 11 is 0. The van der Waals surface area contributed by atoms with E-state index in [0.717, 1.165) is 35.2 Å². The zero-order valence-electron chi connectivity index (χ0n) is 24.3. The van der Waals surface area contributed by atoms with Crippen LogP contribution in [0.4, 0.5) is 10.1 Å². The minimum Gasteiger partial charge on any atom is -0.393 e. The summed E-state index contributed by atoms with van der Waals surface area (Å²) in [5.41, 5.74) is 2.31. The first kappa shape index (κ1) is 32.8. The number of aliphatic hydroxyl groups excluding tert-OH is 3. The number of aliphatic hydroxyl groups is 4. The molecular weight excluding hydrogens is 573 g/mol. The molecule has 3 aromatic rings. The quantitative estimate of drug-likeness (QED) is 0.152. The number of anilines is 1. The van der Waals surface area contributed by atoms with E-state index in [0.29, 0.717) is 24.8 Å². The van der Waals surface area contributed by atoms with Crippen molar-refractivity contribution in [2.75, 3.05) is 30.1 Å². The van der Waals surface area contributed by atoms with Gasteiger partial charge in [0, 0.05) is 24.1 Å². The van der Waals surface area contributed by atoms with Crippen LogP contribution in [-0.4, -0.2) is 65.6 Å². The molecule has 10 heteroatoms. The van der Waals surface area contributed by atoms with Crippen molar-refractivity contribution in [1.29, 1.82) is 0 Å². The molecule has 8 nitrogen and oxygen atoms in total. The molecule has 3 atom stereocenters. The van der Waals surface area contributed by atoms with E-state index in [9.17, 15) is 38.0 Å². The molecule has 0 aliphatic carbocycles. The van der Waals surface area contributed by atoms with Gasteiger partial charge in [-0.2, -0.15) is 0 Å². The van der Waals surface area contributed by atoms with E-state index < -0.39 is 40.7 Å². The molecule has 0 saturated carbocycles. The zero-order chi connectivity index (χ0) is 31.2. The lowest BCUT2D eigenvalue weighted by atomic mass is 9.78. The third-order valence-electron chi connectivity index (χ3n) is 8.11. The molecule has 3 aromatic carbocycles. The number of benzene rings is 3. The van der Waals surface area contributed by atoms with Gasteiger partial charge >= 0.3 is 0 Å². The summed E-state index contributed by atoms with van der Waals surface area (Å²) in [5, 5.41) is 39.9. The molecule has 1 unspecified atom stereocenters. The molecule has 0 radical (unpaired) electrons. The Morgan fingerprint density at radius 1 is 0.907 bits per heavy atom. The predicted octanol–water partition coefficient (Wildman–Crippen LogP) is 3.67. The van der Waals surface area contributed by atoms with Crippen LogP contribution in [0.1, 0.15) is 60.1 Å². The van der Waals surface area contributed by atoms with Crippen LogP contribution in [0.15, 0.2) is 72.8 Å². The molecule has 232 valence electrons. The standard InChI is InChI=1S/C33H40FNO7S/c1-43(41,42)19-3-2-4-23-7-15-28(16-8-23)35-31(26-9-5-24(6-10-26)20-33(40,21-36)22-37)29(32(35)39)17-18-30(38)25-11-13-27(34)14-12-25/h5-16,29-31,36-38,40H,2-4,17-22H2,1H3/t29?,30-,31+/m0/s1. The molecule has 1 heterocycles. The summed E-state index contributed by atoms with van der Waals surface area (Å²) in [6, 6.07) is 20.4. The lowest BCUT2D eigenvalue weighted by molar-refractivity contribution is -0.131. The topological polar surface area (TPSA) is 135 Å². The van der Waals surface area contributed by atoms with Gasteiger partial charge in [-0.3, -0.25) is 4.79 Å². The van der Waals surface area contributed by atoms with Crippen LogP contribution in [0.5, 0.6) is 0 Å². The van der Waals surface area contributed by atoms with E-state index in [2.05, 4.69) is 0 Å². The SMILES string of the molecule is CS(=O)(=O)CCCCc1ccc(N2C(=O)C(CC[C@H](O)c3ccc(F)cc3)[C@H]2c2ccc(CC(O)(CO)CO)cc2)cc1. The van der Waals surface area contributed by atoms with E-state index >= 15 is 0 Å². The molecule has 1 aliphatic heterocycles. The Morgan fingerprint density at radius 2 is 1.51 bits per heavy atom. The molecule has 1 amide bonds. The molecule has 0 spiro atoms. The van der Waals surface area contributed by atoms with Crippen molar-refractivity contribution in [2.24, 2.45) is 5.92 Å². The van der Waals surface area contributed by atoms with Crippen molar-refractivity contribution in [3.05, 3.63) is 101 Å². The highest BCUT2D eigenvalue weighted by Crippen LogP contribution is 2.46. The van der Waals surface area contributed by atoms with Gasteiger partial charge in [-0.25, -0.2) is 12.8 Å². The number of carbonyl (C=O) groups excluding carboxylic acids is 1. The second-order valence-electron chi connectivity index (χ2n) is 11.6. The van der Waals surface area contributed by atoms with Crippen molar-refractivity contribution in [3.63, 3.8) is 0 Å². The fourth-order valence-corrected chi connectivity index (χ4v) is 6.31. The summed E-state index contributed by atoms with van der Waals surface area (Å²) in [7, 11) is -2.99. The second-order valence-corrected chi connectivity index (χ2v) is 13.9. The van der Waals surface area contributed by atoms with E-state index in [1.54, 1.807) is 17.0 Å². The van der Waals surface area contributed by atoms with Crippen molar-refractivity contribution >= 4 is 21.4 Å². The monoisotopic (exact) mass is 613 g/mol. The number of rotatable bonds is 15. The smallest absolute Gasteiger partial charge is 0.233 e. The van der Waals surface area contributed by atoms with Crippen molar-refractivity contribution in [3.8, 4) is 0 Å². The third-order valence-corrected chi connectivity index (χ3v) is 9.14. The fraction of sp³-hybridized carbons (Fsp3) is 0.424. The Bertz CT molecular complexity index is 1460. The van der Waals surface area contributed by atoms with Gasteiger partial charge in [-0.15, -0.1) is 0 Å². The maximum atomic E-state index is 13.5. The largest absolute Gasteiger partial charge is 0.393 e. The van der Waals surface area contributed by atoms with Gasteiger partial charge in [-0.05, 0) is 78.6 Å². The number of β-lactam (4-membered cyclic amide) rings is 1. The lowest BCUT2D eigenvalue weighted by Crippen LogP contribution is -2.55. The fourth-order valence-electron chi connectivity index (χ4n) is 5.58. The summed E-state index contributed by atoms with van der Waals surface area (Å²) in [4.78, 5) is 15.2. The number of nitrogens with zero attached hydrogens (tertiary/aromatic N) is 1. The summed E-state index contributed by atoms with van der Waals surface area (Å²) in [5.74, 6) is -0.704. The normalized spacial score (nSPS) is 18.0. The van der Waals surface area contributed by atoms with Gasteiger partial charge in [0.15, 0.2) is 0 Å². The maximum absolute atomic E-state index is 13.5. The highest BCUT2D eigenvalue weighted by molar-refractivity contribution is 7.90. The van der Waals surface area contributed by atoms with Gasteiger partial charge in [0.05, 0.1) is 31.3 Å². The molecule has 4 N–H and O–H groups in total. The van der Waals surface area contributed by atoms with Crippen molar-refractivity contribution in [2.45, 2.75) is 56.3 Å². The number of sulfone groups is 1. The molecule has 1 saturated heterocycles. The zero-order valence-corrected chi connectivity index (χ0v) is 25.1. The van der Waals surface area contributed by atoms with Crippen LogP contribution in [0.3, 0.4) is 0 Å². The van der Waals surface area contributed by atoms with E-state index in [4.69, 9.17) is 0 Å². The molecule has 43 heavy (non-hydrogen) atoms. The van der Waals surface area contributed by atoms with Gasteiger partial charge in [0.25, 0.3) is 0 Å². The van der Waals surface area contributed by atoms with Gasteiger partial charge < -0.3 is 25.3 Å². The summed E-state index contributed by atoms with van der Waals surface area (Å²) in [6.07, 6.45) is 3.23. The number of halogens is 1. The summed E-state index contributed by atoms with van der Waals surface area (Å²) < 4.78 is 36.1. The number of unbranched alkanes of at least 4 members (excludes halogenated alkanes) is 1. The van der Waals surface area contributed by atoms with Crippen LogP contribution in [0, 0.1) is 11.7 Å². The Balaban J connectivity index is 1.51. The number of carbonyl (C=O) groups is 1. The van der Waals surface area contributed by atoms with Crippen LogP contribution in [0.25, 0.3) is 0 Å². The minimum absolute atomic E-state index is 0.0620. The van der Waals surface area contributed by atoms with E-state index in [1.807, 2.05) is 36.4 Å². The molecule has 1 fully saturated rings. The van der Waals surface area contributed by atoms with Crippen LogP contribution >= 0.6 is 0 Å². The Kier molecular flexibility index (Phi) is 10.7. The van der Waals surface area contributed by atoms with E-state index in [1.165, 1.54) is 30.5 Å². The summed E-state index contributed by atoms with van der Waals surface area (Å²) in [6.45, 7) is -1.16. The van der Waals surface area contributed by atoms with Crippen LogP contribution in [0.2, 0.25) is 0 Å². The number of hydrogen-bond donors (Lipinski definition) is 4. The van der Waals surface area contributed by atoms with Crippen molar-refractivity contribution < 1.29 is 38.0 Å². The Labute approximate surface area is 252 Å². The number of aryl methyl sites for hydroxylation is 1. The highest BCUT2D eigenvalue weighted by Gasteiger charge is 2.48. The average Bonchev–Trinajstić information content (AvgIpc) is 2.99. The van der Waals surface area contributed by atoms with Gasteiger partial charge in [0.2, 0.25) is 5.91 Å². The lowest BCUT2D eigenvalue weighted by Gasteiger charge is -2.48. The highest BCUT2D eigenvalue weighted by atomic mass is 32.2. The van der Waals surface area contributed by atoms with Gasteiger partial charge in [-0.1, -0.05) is 48.5 Å². The molecule has 1 aliphatic rings. The van der Waals surface area contributed by atoms with Crippen LogP contribution < -0.4 is 4.90 Å². The van der Waals surface area contributed by atoms with Gasteiger partial charge in [0.1, 0.15) is 21.3 Å². The maximum Gasteiger partial charge on any atom is 0.233 e. The first-order valence-electron chi connectivity index (χ1n) is 14.5. The molecule has 0 aromatic heterocycles. The first-order valence-corrected chi connectivity index (χ1v) is 16.6. The molecular formula is C33H40FNO7S. The molecule has 0 bridgehead atoms. The van der Waals surface area contributed by atoms with E-state index in [-0.39, 0.29) is 29.9 Å². The molecule has 4 rings (SSSR count). The average molecular weight is 614 g/mol. The van der Waals surface area contributed by atoms with Crippen LogP contribution in [-0.2, 0) is 27.5 Å². The third kappa shape index (κ3) is 8.49. The number of hydrogen-bond acceptors (Lipinski definition) is 7.